The third-order valence-electron chi connectivity index (χ3n) is 3.62. The summed E-state index contributed by atoms with van der Waals surface area (Å²) in [4.78, 5) is 22.5. The van der Waals surface area contributed by atoms with E-state index in [1.807, 2.05) is 25.7 Å². The third-order valence-corrected chi connectivity index (χ3v) is 3.62. The van der Waals surface area contributed by atoms with Gasteiger partial charge in [-0.2, -0.15) is 4.98 Å². The van der Waals surface area contributed by atoms with E-state index in [0.717, 1.165) is 19.5 Å². The number of aliphatic imine (C=N–C) groups is 1. The standard InChI is InChI=1S/C15H26N6O2.HI/c1-5-16-15(17-8-13-18-11(4)20-23-13)19-12-6-7-21(9-12)14(22)10(2)3;/h10,12H,5-9H2,1-4H3,(H2,16,17,19);1H. The van der Waals surface area contributed by atoms with Crippen molar-refractivity contribution in [1.29, 1.82) is 0 Å². The van der Waals surface area contributed by atoms with Gasteiger partial charge in [0, 0.05) is 31.6 Å². The van der Waals surface area contributed by atoms with Crippen LogP contribution in [0.25, 0.3) is 0 Å². The Kier molecular flexibility index (Phi) is 8.43. The van der Waals surface area contributed by atoms with Gasteiger partial charge in [0.1, 0.15) is 6.54 Å². The number of carbonyl (C=O) groups excluding carboxylic acids is 1. The number of rotatable bonds is 5. The van der Waals surface area contributed by atoms with Gasteiger partial charge >= 0.3 is 0 Å². The number of nitrogens with one attached hydrogen (secondary N) is 2. The topological polar surface area (TPSA) is 95.7 Å². The Morgan fingerprint density at radius 3 is 2.83 bits per heavy atom. The first-order valence-corrected chi connectivity index (χ1v) is 8.12. The van der Waals surface area contributed by atoms with Crippen LogP contribution >= 0.6 is 24.0 Å². The predicted octanol–water partition coefficient (Wildman–Crippen LogP) is 1.31. The number of hydrogen-bond acceptors (Lipinski definition) is 5. The number of carbonyl (C=O) groups is 1. The molecule has 1 aromatic heterocycles. The van der Waals surface area contributed by atoms with E-state index < -0.39 is 0 Å². The van der Waals surface area contributed by atoms with Crippen molar-refractivity contribution in [2.45, 2.75) is 46.7 Å². The van der Waals surface area contributed by atoms with Crippen LogP contribution in [0, 0.1) is 12.8 Å². The molecule has 1 aliphatic heterocycles. The molecule has 0 aliphatic carbocycles. The summed E-state index contributed by atoms with van der Waals surface area (Å²) in [5.41, 5.74) is 0. The summed E-state index contributed by atoms with van der Waals surface area (Å²) in [7, 11) is 0. The van der Waals surface area contributed by atoms with Crippen LogP contribution < -0.4 is 10.6 Å². The van der Waals surface area contributed by atoms with Crippen molar-refractivity contribution in [1.82, 2.24) is 25.7 Å². The number of guanidine groups is 1. The normalized spacial score (nSPS) is 17.8. The van der Waals surface area contributed by atoms with Gasteiger partial charge in [-0.05, 0) is 20.3 Å². The monoisotopic (exact) mass is 450 g/mol. The molecular formula is C15H27IN6O2. The lowest BCUT2D eigenvalue weighted by Crippen LogP contribution is -2.45. The van der Waals surface area contributed by atoms with Crippen LogP contribution in [0.4, 0.5) is 0 Å². The minimum Gasteiger partial charge on any atom is -0.357 e. The number of nitrogens with zero attached hydrogens (tertiary/aromatic N) is 4. The second-order valence-corrected chi connectivity index (χ2v) is 6.00. The molecule has 2 rings (SSSR count). The zero-order valence-corrected chi connectivity index (χ0v) is 17.0. The van der Waals surface area contributed by atoms with Crippen LogP contribution in [0.3, 0.4) is 0 Å². The molecule has 1 atom stereocenters. The molecule has 8 nitrogen and oxygen atoms in total. The average molecular weight is 450 g/mol. The molecule has 1 unspecified atom stereocenters. The molecule has 136 valence electrons. The van der Waals surface area contributed by atoms with Crippen LogP contribution in [0.15, 0.2) is 9.52 Å². The number of likely N-dealkylation sites (tertiary alicyclic amines) is 1. The number of aromatic nitrogens is 2. The summed E-state index contributed by atoms with van der Waals surface area (Å²) < 4.78 is 5.06. The lowest BCUT2D eigenvalue weighted by Gasteiger charge is -2.20. The van der Waals surface area contributed by atoms with E-state index >= 15 is 0 Å². The lowest BCUT2D eigenvalue weighted by atomic mass is 10.2. The summed E-state index contributed by atoms with van der Waals surface area (Å²) in [6.07, 6.45) is 0.919. The first-order chi connectivity index (χ1) is 11.0. The molecule has 0 radical (unpaired) electrons. The molecule has 2 heterocycles. The van der Waals surface area contributed by atoms with Crippen molar-refractivity contribution in [3.63, 3.8) is 0 Å². The zero-order chi connectivity index (χ0) is 16.8. The average Bonchev–Trinajstić information content (AvgIpc) is 3.13. The maximum atomic E-state index is 12.0. The molecule has 0 saturated carbocycles. The van der Waals surface area contributed by atoms with Crippen molar-refractivity contribution < 1.29 is 9.32 Å². The fraction of sp³-hybridized carbons (Fsp3) is 0.733. The molecule has 1 fully saturated rings. The number of aryl methyl sites for hydroxylation is 1. The fourth-order valence-electron chi connectivity index (χ4n) is 2.51. The largest absolute Gasteiger partial charge is 0.357 e. The molecule has 1 aromatic rings. The van der Waals surface area contributed by atoms with E-state index in [4.69, 9.17) is 4.52 Å². The van der Waals surface area contributed by atoms with Gasteiger partial charge in [0.2, 0.25) is 11.8 Å². The molecule has 1 saturated heterocycles. The Bertz CT molecular complexity index is 560. The van der Waals surface area contributed by atoms with E-state index in [0.29, 0.717) is 30.8 Å². The summed E-state index contributed by atoms with van der Waals surface area (Å²) in [6, 6.07) is 0.208. The van der Waals surface area contributed by atoms with E-state index in [1.165, 1.54) is 0 Å². The maximum absolute atomic E-state index is 12.0. The van der Waals surface area contributed by atoms with Crippen LogP contribution in [0.5, 0.6) is 0 Å². The maximum Gasteiger partial charge on any atom is 0.248 e. The Morgan fingerprint density at radius 2 is 2.25 bits per heavy atom. The molecule has 9 heteroatoms. The van der Waals surface area contributed by atoms with Gasteiger partial charge in [0.05, 0.1) is 0 Å². The summed E-state index contributed by atoms with van der Waals surface area (Å²) >= 11 is 0. The van der Waals surface area contributed by atoms with Crippen molar-refractivity contribution in [2.75, 3.05) is 19.6 Å². The van der Waals surface area contributed by atoms with Crippen molar-refractivity contribution >= 4 is 35.8 Å². The van der Waals surface area contributed by atoms with Crippen LogP contribution in [-0.4, -0.2) is 52.6 Å². The van der Waals surface area contributed by atoms with Crippen LogP contribution in [0.1, 0.15) is 38.9 Å². The van der Waals surface area contributed by atoms with Crippen molar-refractivity contribution in [3.8, 4) is 0 Å². The van der Waals surface area contributed by atoms with E-state index in [9.17, 15) is 4.79 Å². The van der Waals surface area contributed by atoms with Gasteiger partial charge in [-0.25, -0.2) is 4.99 Å². The zero-order valence-electron chi connectivity index (χ0n) is 14.7. The highest BCUT2D eigenvalue weighted by Crippen LogP contribution is 2.12. The van der Waals surface area contributed by atoms with E-state index in [2.05, 4.69) is 25.8 Å². The predicted molar refractivity (Wildman–Crippen MR) is 102 cm³/mol. The molecule has 1 amide bonds. The van der Waals surface area contributed by atoms with Gasteiger partial charge in [0.15, 0.2) is 11.8 Å². The van der Waals surface area contributed by atoms with Gasteiger partial charge in [0.25, 0.3) is 0 Å². The van der Waals surface area contributed by atoms with E-state index in [-0.39, 0.29) is 41.8 Å². The number of halogens is 1. The highest BCUT2D eigenvalue weighted by molar-refractivity contribution is 14.0. The smallest absolute Gasteiger partial charge is 0.248 e. The summed E-state index contributed by atoms with van der Waals surface area (Å²) in [5.74, 6) is 2.04. The molecule has 0 aromatic carbocycles. The Morgan fingerprint density at radius 1 is 1.50 bits per heavy atom. The highest BCUT2D eigenvalue weighted by atomic mass is 127. The molecule has 1 aliphatic rings. The third kappa shape index (κ3) is 5.91. The first-order valence-electron chi connectivity index (χ1n) is 8.12. The Labute approximate surface area is 159 Å². The lowest BCUT2D eigenvalue weighted by molar-refractivity contribution is -0.133. The van der Waals surface area contributed by atoms with Crippen LogP contribution in [0.2, 0.25) is 0 Å². The number of hydrogen-bond donors (Lipinski definition) is 2. The number of amides is 1. The van der Waals surface area contributed by atoms with Crippen molar-refractivity contribution in [3.05, 3.63) is 11.7 Å². The van der Waals surface area contributed by atoms with Crippen LogP contribution in [-0.2, 0) is 11.3 Å². The van der Waals surface area contributed by atoms with Gasteiger partial charge in [-0.15, -0.1) is 24.0 Å². The molecule has 24 heavy (non-hydrogen) atoms. The van der Waals surface area contributed by atoms with Gasteiger partial charge in [-0.1, -0.05) is 19.0 Å². The van der Waals surface area contributed by atoms with E-state index in [1.54, 1.807) is 6.92 Å². The summed E-state index contributed by atoms with van der Waals surface area (Å²) in [5, 5.41) is 10.3. The van der Waals surface area contributed by atoms with Crippen molar-refractivity contribution in [2.24, 2.45) is 10.9 Å². The van der Waals surface area contributed by atoms with Gasteiger partial charge < -0.3 is 20.1 Å². The molecule has 0 spiro atoms. The fourth-order valence-corrected chi connectivity index (χ4v) is 2.51. The molecule has 2 N–H and O–H groups in total. The molecular weight excluding hydrogens is 423 g/mol. The van der Waals surface area contributed by atoms with Gasteiger partial charge in [-0.3, -0.25) is 4.79 Å². The Balaban J connectivity index is 0.00000288. The minimum absolute atomic E-state index is 0. The SMILES string of the molecule is CCNC(=NCc1nc(C)no1)NC1CCN(C(=O)C(C)C)C1.I. The highest BCUT2D eigenvalue weighted by Gasteiger charge is 2.27. The quantitative estimate of drug-likeness (QED) is 0.399. The molecule has 0 bridgehead atoms. The second-order valence-electron chi connectivity index (χ2n) is 6.00. The summed E-state index contributed by atoms with van der Waals surface area (Å²) in [6.45, 7) is 10.2. The Hall–Kier alpha value is -1.39. The second kappa shape index (κ2) is 9.80. The minimum atomic E-state index is 0. The first kappa shape index (κ1) is 20.7.